The zero-order chi connectivity index (χ0) is 13.7. The van der Waals surface area contributed by atoms with Crippen LogP contribution in [-0.4, -0.2) is 11.9 Å². The molecule has 0 amide bonds. The van der Waals surface area contributed by atoms with Crippen LogP contribution in [0.15, 0.2) is 18.2 Å². The van der Waals surface area contributed by atoms with Crippen molar-refractivity contribution in [2.75, 3.05) is 11.9 Å². The van der Waals surface area contributed by atoms with E-state index in [9.17, 15) is 0 Å². The number of ether oxygens (including phenoxy) is 1. The fraction of sp³-hybridized carbons (Fsp3) is 0.625. The second-order valence-corrected chi connectivity index (χ2v) is 6.74. The fourth-order valence-corrected chi connectivity index (χ4v) is 3.64. The van der Waals surface area contributed by atoms with Gasteiger partial charge in [0.05, 0.1) is 11.6 Å². The number of rotatable bonds is 4. The quantitative estimate of drug-likeness (QED) is 0.498. The van der Waals surface area contributed by atoms with Crippen LogP contribution in [-0.2, 0) is 0 Å². The molecule has 1 aromatic carbocycles. The first-order valence-corrected chi connectivity index (χ1v) is 8.60. The maximum Gasteiger partial charge on any atom is 0.138 e. The first-order chi connectivity index (χ1) is 9.15. The minimum absolute atomic E-state index is 0.281. The highest BCUT2D eigenvalue weighted by atomic mass is 79.9. The van der Waals surface area contributed by atoms with Gasteiger partial charge in [0, 0.05) is 10.7 Å². The third kappa shape index (κ3) is 4.13. The summed E-state index contributed by atoms with van der Waals surface area (Å²) in [6.07, 6.45) is 7.86. The molecular formula is C16H22BrClO. The van der Waals surface area contributed by atoms with Crippen molar-refractivity contribution >= 4 is 27.5 Å². The summed E-state index contributed by atoms with van der Waals surface area (Å²) in [7, 11) is 0. The molecule has 0 N–H and O–H groups in total. The minimum atomic E-state index is 0.281. The number of halogens is 2. The van der Waals surface area contributed by atoms with Gasteiger partial charge in [0.15, 0.2) is 0 Å². The molecule has 0 spiro atoms. The Kier molecular flexibility index (Phi) is 5.58. The Morgan fingerprint density at radius 3 is 2.53 bits per heavy atom. The van der Waals surface area contributed by atoms with E-state index < -0.39 is 0 Å². The van der Waals surface area contributed by atoms with Crippen LogP contribution in [0.2, 0.25) is 5.02 Å². The van der Waals surface area contributed by atoms with Gasteiger partial charge in [-0.25, -0.2) is 0 Å². The van der Waals surface area contributed by atoms with E-state index in [-0.39, 0.29) is 5.41 Å². The van der Waals surface area contributed by atoms with Crippen molar-refractivity contribution in [1.82, 2.24) is 0 Å². The normalized spacial score (nSPS) is 18.9. The second kappa shape index (κ2) is 6.99. The maximum absolute atomic E-state index is 6.20. The number of hydrogen-bond acceptors (Lipinski definition) is 1. The molecule has 1 aliphatic rings. The molecule has 106 valence electrons. The molecule has 0 saturated heterocycles. The van der Waals surface area contributed by atoms with Crippen LogP contribution in [0.4, 0.5) is 0 Å². The molecule has 0 bridgehead atoms. The van der Waals surface area contributed by atoms with E-state index in [0.29, 0.717) is 5.02 Å². The molecule has 0 heterocycles. The molecule has 1 fully saturated rings. The minimum Gasteiger partial charge on any atom is -0.491 e. The molecular weight excluding hydrogens is 324 g/mol. The van der Waals surface area contributed by atoms with Crippen molar-refractivity contribution in [2.45, 2.75) is 45.4 Å². The summed E-state index contributed by atoms with van der Waals surface area (Å²) in [6.45, 7) is 2.83. The zero-order valence-corrected chi connectivity index (χ0v) is 13.9. The van der Waals surface area contributed by atoms with Crippen LogP contribution in [0.25, 0.3) is 0 Å². The van der Waals surface area contributed by atoms with Crippen molar-refractivity contribution in [2.24, 2.45) is 5.41 Å². The van der Waals surface area contributed by atoms with E-state index in [2.05, 4.69) is 22.9 Å². The molecule has 0 atom stereocenters. The number of alkyl halides is 1. The smallest absolute Gasteiger partial charge is 0.138 e. The van der Waals surface area contributed by atoms with Crippen molar-refractivity contribution in [3.05, 3.63) is 28.8 Å². The summed E-state index contributed by atoms with van der Waals surface area (Å²) in [6, 6.07) is 5.96. The van der Waals surface area contributed by atoms with Crippen molar-refractivity contribution in [1.29, 1.82) is 0 Å². The Morgan fingerprint density at radius 1 is 1.21 bits per heavy atom. The van der Waals surface area contributed by atoms with E-state index in [4.69, 9.17) is 16.3 Å². The highest BCUT2D eigenvalue weighted by Crippen LogP contribution is 2.38. The summed E-state index contributed by atoms with van der Waals surface area (Å²) in [5.41, 5.74) is 1.47. The van der Waals surface area contributed by atoms with Gasteiger partial charge in [-0.3, -0.25) is 0 Å². The average Bonchev–Trinajstić information content (AvgIpc) is 2.66. The third-order valence-corrected chi connectivity index (χ3v) is 5.57. The molecule has 2 rings (SSSR count). The van der Waals surface area contributed by atoms with Gasteiger partial charge < -0.3 is 4.74 Å². The van der Waals surface area contributed by atoms with Gasteiger partial charge in [-0.2, -0.15) is 0 Å². The summed E-state index contributed by atoms with van der Waals surface area (Å²) in [5.74, 6) is 0.825. The van der Waals surface area contributed by atoms with Crippen LogP contribution in [0.1, 0.15) is 44.1 Å². The number of hydrogen-bond donors (Lipinski definition) is 0. The maximum atomic E-state index is 6.20. The average molecular weight is 346 g/mol. The molecule has 1 aliphatic carbocycles. The Labute approximate surface area is 129 Å². The van der Waals surface area contributed by atoms with Crippen LogP contribution < -0.4 is 4.74 Å². The fourth-order valence-electron chi connectivity index (χ4n) is 2.75. The van der Waals surface area contributed by atoms with Gasteiger partial charge in [0.2, 0.25) is 0 Å². The number of aryl methyl sites for hydroxylation is 1. The van der Waals surface area contributed by atoms with Gasteiger partial charge in [-0.05, 0) is 37.5 Å². The largest absolute Gasteiger partial charge is 0.491 e. The van der Waals surface area contributed by atoms with Gasteiger partial charge in [0.1, 0.15) is 5.75 Å². The lowest BCUT2D eigenvalue weighted by atomic mass is 9.83. The standard InChI is InChI=1S/C16H22BrClO/c1-13-6-7-14(18)15(10-13)19-12-16(11-17)8-4-2-3-5-9-16/h6-7,10H,2-5,8-9,11-12H2,1H3. The van der Waals surface area contributed by atoms with E-state index >= 15 is 0 Å². The van der Waals surface area contributed by atoms with E-state index in [1.165, 1.54) is 44.1 Å². The molecule has 19 heavy (non-hydrogen) atoms. The summed E-state index contributed by atoms with van der Waals surface area (Å²) in [4.78, 5) is 0. The lowest BCUT2D eigenvalue weighted by Gasteiger charge is -2.30. The lowest BCUT2D eigenvalue weighted by Crippen LogP contribution is -2.30. The molecule has 3 heteroatoms. The Morgan fingerprint density at radius 2 is 1.89 bits per heavy atom. The number of benzene rings is 1. The van der Waals surface area contributed by atoms with E-state index in [1.807, 2.05) is 18.2 Å². The SMILES string of the molecule is Cc1ccc(Cl)c(OCC2(CBr)CCCCCC2)c1. The van der Waals surface area contributed by atoms with Gasteiger partial charge in [-0.1, -0.05) is 59.3 Å². The summed E-state index contributed by atoms with van der Waals surface area (Å²) in [5, 5.41) is 1.73. The summed E-state index contributed by atoms with van der Waals surface area (Å²) >= 11 is 9.89. The van der Waals surface area contributed by atoms with Crippen LogP contribution >= 0.6 is 27.5 Å². The lowest BCUT2D eigenvalue weighted by molar-refractivity contribution is 0.149. The molecule has 0 aromatic heterocycles. The van der Waals surface area contributed by atoms with Gasteiger partial charge >= 0.3 is 0 Å². The Hall–Kier alpha value is -0.210. The van der Waals surface area contributed by atoms with E-state index in [1.54, 1.807) is 0 Å². The molecule has 0 radical (unpaired) electrons. The molecule has 1 aromatic rings. The topological polar surface area (TPSA) is 9.23 Å². The highest BCUT2D eigenvalue weighted by Gasteiger charge is 2.31. The Bertz CT molecular complexity index is 411. The molecule has 0 aliphatic heterocycles. The van der Waals surface area contributed by atoms with E-state index in [0.717, 1.165) is 17.7 Å². The van der Waals surface area contributed by atoms with Crippen LogP contribution in [0.5, 0.6) is 5.75 Å². The van der Waals surface area contributed by atoms with Gasteiger partial charge in [0.25, 0.3) is 0 Å². The summed E-state index contributed by atoms with van der Waals surface area (Å²) < 4.78 is 6.04. The molecule has 0 unspecified atom stereocenters. The second-order valence-electron chi connectivity index (χ2n) is 5.77. The first-order valence-electron chi connectivity index (χ1n) is 7.10. The molecule has 1 saturated carbocycles. The van der Waals surface area contributed by atoms with Crippen molar-refractivity contribution < 1.29 is 4.74 Å². The van der Waals surface area contributed by atoms with Crippen molar-refractivity contribution in [3.63, 3.8) is 0 Å². The predicted octanol–water partition coefficient (Wildman–Crippen LogP) is 5.76. The zero-order valence-electron chi connectivity index (χ0n) is 11.6. The first kappa shape index (κ1) is 15.2. The van der Waals surface area contributed by atoms with Crippen LogP contribution in [0, 0.1) is 12.3 Å². The predicted molar refractivity (Wildman–Crippen MR) is 85.6 cm³/mol. The molecule has 1 nitrogen and oxygen atoms in total. The van der Waals surface area contributed by atoms with Gasteiger partial charge in [-0.15, -0.1) is 0 Å². The third-order valence-electron chi connectivity index (χ3n) is 4.07. The van der Waals surface area contributed by atoms with Crippen LogP contribution in [0.3, 0.4) is 0 Å². The Balaban J connectivity index is 2.04. The monoisotopic (exact) mass is 344 g/mol. The highest BCUT2D eigenvalue weighted by molar-refractivity contribution is 9.09. The van der Waals surface area contributed by atoms with Crippen molar-refractivity contribution in [3.8, 4) is 5.75 Å².